The van der Waals surface area contributed by atoms with Gasteiger partial charge in [0.2, 0.25) is 6.20 Å². The molecular weight excluding hydrogens is 314 g/mol. The Morgan fingerprint density at radius 1 is 1.48 bits per heavy atom. The number of aromatic nitrogens is 5. The number of nitrogens with two attached hydrogens (primary N) is 1. The first-order chi connectivity index (χ1) is 11.1. The standard InChI is InChI=1S/C15H18ClN7/c1-22-8-10(6-19-22)11-7-20-23-14(17)12(16)13(21-15(11)23)9-3-2-4-18-5-9/h6-9,18H,2-5H2,1H3,(H2,17,20,21)/p+1. The summed E-state index contributed by atoms with van der Waals surface area (Å²) >= 11 is 6.48. The number of fused-ring (bicyclic) bond motifs is 1. The molecule has 0 amide bonds. The second-order valence-corrected chi connectivity index (χ2v) is 6.38. The molecule has 1 saturated heterocycles. The number of aromatic amines is 1. The van der Waals surface area contributed by atoms with E-state index in [4.69, 9.17) is 22.3 Å². The minimum atomic E-state index is 0.286. The minimum absolute atomic E-state index is 0.286. The zero-order valence-electron chi connectivity index (χ0n) is 12.9. The predicted molar refractivity (Wildman–Crippen MR) is 88.2 cm³/mol. The van der Waals surface area contributed by atoms with Crippen LogP contribution in [0.5, 0.6) is 0 Å². The Morgan fingerprint density at radius 2 is 2.35 bits per heavy atom. The molecule has 0 bridgehead atoms. The number of halogens is 1. The summed E-state index contributed by atoms with van der Waals surface area (Å²) in [5.41, 5.74) is 9.78. The number of piperidine rings is 1. The molecule has 3 aromatic rings. The molecule has 1 aliphatic rings. The van der Waals surface area contributed by atoms with Gasteiger partial charge in [0, 0.05) is 12.5 Å². The van der Waals surface area contributed by atoms with Crippen molar-refractivity contribution in [3.63, 3.8) is 0 Å². The second-order valence-electron chi connectivity index (χ2n) is 6.00. The predicted octanol–water partition coefficient (Wildman–Crippen LogP) is 1.25. The molecule has 0 spiro atoms. The first-order valence-electron chi connectivity index (χ1n) is 7.73. The number of anilines is 1. The average molecular weight is 333 g/mol. The Balaban J connectivity index is 1.89. The quantitative estimate of drug-likeness (QED) is 0.616. The van der Waals surface area contributed by atoms with Crippen molar-refractivity contribution in [1.82, 2.24) is 25.0 Å². The Hall–Kier alpha value is -2.12. The summed E-state index contributed by atoms with van der Waals surface area (Å²) in [7, 11) is 1.94. The van der Waals surface area contributed by atoms with Crippen LogP contribution < -0.4 is 15.7 Å². The highest BCUT2D eigenvalue weighted by Crippen LogP contribution is 2.34. The summed E-state index contributed by atoms with van der Waals surface area (Å²) in [6.45, 7) is 1.93. The van der Waals surface area contributed by atoms with Gasteiger partial charge in [-0.25, -0.2) is 4.98 Å². The summed E-state index contributed by atoms with van der Waals surface area (Å²) in [5.74, 6) is 0.733. The molecule has 1 fully saturated rings. The zero-order valence-corrected chi connectivity index (χ0v) is 13.6. The molecule has 4 rings (SSSR count). The lowest BCUT2D eigenvalue weighted by Gasteiger charge is -2.23. The van der Waals surface area contributed by atoms with Crippen molar-refractivity contribution in [3.8, 4) is 11.1 Å². The van der Waals surface area contributed by atoms with Crippen molar-refractivity contribution >= 4 is 23.1 Å². The lowest BCUT2D eigenvalue weighted by molar-refractivity contribution is -0.726. The van der Waals surface area contributed by atoms with Crippen molar-refractivity contribution in [1.29, 1.82) is 0 Å². The van der Waals surface area contributed by atoms with Crippen LogP contribution in [-0.4, -0.2) is 32.8 Å². The molecule has 1 aliphatic heterocycles. The first-order valence-corrected chi connectivity index (χ1v) is 8.10. The normalized spacial score (nSPS) is 18.6. The third-order valence-electron chi connectivity index (χ3n) is 4.40. The van der Waals surface area contributed by atoms with Gasteiger partial charge in [-0.3, -0.25) is 0 Å². The molecule has 0 aliphatic carbocycles. The van der Waals surface area contributed by atoms with Gasteiger partial charge >= 0.3 is 0 Å². The molecule has 1 atom stereocenters. The average Bonchev–Trinajstić information content (AvgIpc) is 3.17. The van der Waals surface area contributed by atoms with E-state index in [9.17, 15) is 0 Å². The highest BCUT2D eigenvalue weighted by atomic mass is 35.5. The maximum atomic E-state index is 6.48. The van der Waals surface area contributed by atoms with Gasteiger partial charge in [0.25, 0.3) is 0 Å². The number of aryl methyl sites for hydroxylation is 1. The number of nitrogen functional groups attached to an aromatic ring is 1. The Bertz CT molecular complexity index is 860. The van der Waals surface area contributed by atoms with Crippen LogP contribution in [0.4, 0.5) is 5.82 Å². The highest BCUT2D eigenvalue weighted by Gasteiger charge is 2.24. The first kappa shape index (κ1) is 14.5. The SMILES string of the molecule is C[n+]1cc(-c2cnn3c(N)c(Cl)c(C4CCCNC4)nc23)c[nH]1. The van der Waals surface area contributed by atoms with E-state index in [1.54, 1.807) is 10.7 Å². The molecule has 7 nitrogen and oxygen atoms in total. The van der Waals surface area contributed by atoms with Gasteiger partial charge in [0.15, 0.2) is 12.7 Å². The fourth-order valence-electron chi connectivity index (χ4n) is 3.17. The van der Waals surface area contributed by atoms with Crippen molar-refractivity contribution in [2.24, 2.45) is 7.05 Å². The van der Waals surface area contributed by atoms with Crippen LogP contribution in [0.25, 0.3) is 16.8 Å². The van der Waals surface area contributed by atoms with Crippen molar-refractivity contribution in [2.45, 2.75) is 18.8 Å². The molecule has 3 aromatic heterocycles. The maximum absolute atomic E-state index is 6.48. The molecule has 1 unspecified atom stereocenters. The van der Waals surface area contributed by atoms with Crippen molar-refractivity contribution < 1.29 is 4.68 Å². The molecule has 4 N–H and O–H groups in total. The fourth-order valence-corrected chi connectivity index (χ4v) is 3.45. The summed E-state index contributed by atoms with van der Waals surface area (Å²) in [5, 5.41) is 11.4. The van der Waals surface area contributed by atoms with Crippen LogP contribution in [0.15, 0.2) is 18.6 Å². The Labute approximate surface area is 138 Å². The third-order valence-corrected chi connectivity index (χ3v) is 4.79. The largest absolute Gasteiger partial charge is 0.382 e. The van der Waals surface area contributed by atoms with Crippen LogP contribution in [0.1, 0.15) is 24.5 Å². The van der Waals surface area contributed by atoms with E-state index in [1.165, 1.54) is 0 Å². The molecule has 8 heteroatoms. The van der Waals surface area contributed by atoms with Gasteiger partial charge in [0.1, 0.15) is 10.8 Å². The van der Waals surface area contributed by atoms with Crippen LogP contribution >= 0.6 is 11.6 Å². The summed E-state index contributed by atoms with van der Waals surface area (Å²) in [6.07, 6.45) is 7.88. The molecule has 0 aromatic carbocycles. The van der Waals surface area contributed by atoms with Crippen LogP contribution in [0.3, 0.4) is 0 Å². The number of H-pyrrole nitrogens is 1. The van der Waals surface area contributed by atoms with Gasteiger partial charge in [0.05, 0.1) is 29.2 Å². The van der Waals surface area contributed by atoms with E-state index in [-0.39, 0.29) is 5.92 Å². The van der Waals surface area contributed by atoms with Crippen molar-refractivity contribution in [2.75, 3.05) is 18.8 Å². The van der Waals surface area contributed by atoms with E-state index in [0.717, 1.165) is 48.4 Å². The Morgan fingerprint density at radius 3 is 3.04 bits per heavy atom. The topological polar surface area (TPSA) is 87.9 Å². The number of hydrogen-bond donors (Lipinski definition) is 3. The van der Waals surface area contributed by atoms with Crippen molar-refractivity contribution in [3.05, 3.63) is 29.3 Å². The van der Waals surface area contributed by atoms with Gasteiger partial charge in [-0.1, -0.05) is 11.6 Å². The third kappa shape index (κ3) is 2.36. The molecule has 0 radical (unpaired) electrons. The highest BCUT2D eigenvalue weighted by molar-refractivity contribution is 6.33. The van der Waals surface area contributed by atoms with Crippen LogP contribution in [0, 0.1) is 0 Å². The summed E-state index contributed by atoms with van der Waals surface area (Å²) in [6, 6.07) is 0. The van der Waals surface area contributed by atoms with E-state index >= 15 is 0 Å². The lowest BCUT2D eigenvalue weighted by atomic mass is 9.95. The molecular formula is C15H19ClN7+. The van der Waals surface area contributed by atoms with Crippen LogP contribution in [-0.2, 0) is 7.05 Å². The monoisotopic (exact) mass is 332 g/mol. The van der Waals surface area contributed by atoms with Gasteiger partial charge in [-0.05, 0) is 19.4 Å². The number of hydrogen-bond acceptors (Lipinski definition) is 4. The number of nitrogens with zero attached hydrogens (tertiary/aromatic N) is 4. The zero-order chi connectivity index (χ0) is 16.0. The number of rotatable bonds is 2. The van der Waals surface area contributed by atoms with E-state index < -0.39 is 0 Å². The maximum Gasteiger partial charge on any atom is 0.203 e. The van der Waals surface area contributed by atoms with E-state index in [2.05, 4.69) is 15.5 Å². The minimum Gasteiger partial charge on any atom is -0.382 e. The lowest BCUT2D eigenvalue weighted by Crippen LogP contribution is -2.29. The Kier molecular flexibility index (Phi) is 3.46. The summed E-state index contributed by atoms with van der Waals surface area (Å²) < 4.78 is 3.49. The molecule has 120 valence electrons. The second kappa shape index (κ2) is 5.50. The van der Waals surface area contributed by atoms with Crippen LogP contribution in [0.2, 0.25) is 5.02 Å². The number of nitrogens with one attached hydrogen (secondary N) is 2. The summed E-state index contributed by atoms with van der Waals surface area (Å²) in [4.78, 5) is 4.83. The van der Waals surface area contributed by atoms with E-state index in [0.29, 0.717) is 10.8 Å². The molecule has 23 heavy (non-hydrogen) atoms. The fraction of sp³-hybridized carbons (Fsp3) is 0.400. The molecule has 0 saturated carbocycles. The van der Waals surface area contributed by atoms with Gasteiger partial charge in [-0.15, -0.1) is 4.68 Å². The van der Waals surface area contributed by atoms with Gasteiger partial charge in [-0.2, -0.15) is 14.7 Å². The molecule has 4 heterocycles. The van der Waals surface area contributed by atoms with Gasteiger partial charge < -0.3 is 11.1 Å². The van der Waals surface area contributed by atoms with E-state index in [1.807, 2.05) is 24.1 Å². The smallest absolute Gasteiger partial charge is 0.203 e.